The van der Waals surface area contributed by atoms with E-state index in [0.29, 0.717) is 5.82 Å². The first-order valence-electron chi connectivity index (χ1n) is 7.37. The van der Waals surface area contributed by atoms with Crippen LogP contribution in [0.25, 0.3) is 5.69 Å². The third-order valence-corrected chi connectivity index (χ3v) is 4.14. The van der Waals surface area contributed by atoms with Crippen LogP contribution in [0.4, 0.5) is 13.2 Å². The molecule has 0 radical (unpaired) electrons. The molecule has 0 spiro atoms. The number of nitrogens with zero attached hydrogens (tertiary/aromatic N) is 2. The number of benzene rings is 1. The van der Waals surface area contributed by atoms with E-state index in [1.807, 2.05) is 0 Å². The average Bonchev–Trinajstić information content (AvgIpc) is 3.15. The molecular formula is C16H15F3N2O2. The van der Waals surface area contributed by atoms with Crippen LogP contribution in [-0.4, -0.2) is 20.6 Å². The maximum absolute atomic E-state index is 13.3. The Morgan fingerprint density at radius 2 is 1.87 bits per heavy atom. The number of aromatic nitrogens is 2. The Labute approximate surface area is 130 Å². The van der Waals surface area contributed by atoms with Gasteiger partial charge in [-0.05, 0) is 25.0 Å². The second-order valence-corrected chi connectivity index (χ2v) is 5.66. The van der Waals surface area contributed by atoms with Gasteiger partial charge in [0.25, 0.3) is 0 Å². The van der Waals surface area contributed by atoms with Crippen LogP contribution in [0.3, 0.4) is 0 Å². The SMILES string of the molecule is O=C(O)c1cn(-c2ccccc2C(F)(F)F)c(C2CCCC2)n1. The second kappa shape index (κ2) is 5.72. The summed E-state index contributed by atoms with van der Waals surface area (Å²) in [6.07, 6.45) is 0.230. The standard InChI is InChI=1S/C16H15F3N2O2/c17-16(18,19)11-7-3-4-8-13(11)21-9-12(15(22)23)20-14(21)10-5-1-2-6-10/h3-4,7-10H,1-2,5-6H2,(H,22,23). The van der Waals surface area contributed by atoms with E-state index in [1.54, 1.807) is 0 Å². The largest absolute Gasteiger partial charge is 0.476 e. The van der Waals surface area contributed by atoms with Gasteiger partial charge in [0.15, 0.2) is 5.69 Å². The molecule has 0 amide bonds. The van der Waals surface area contributed by atoms with Crippen LogP contribution in [0, 0.1) is 0 Å². The normalized spacial score (nSPS) is 16.0. The number of halogens is 3. The lowest BCUT2D eigenvalue weighted by molar-refractivity contribution is -0.137. The fraction of sp³-hybridized carbons (Fsp3) is 0.375. The van der Waals surface area contributed by atoms with Crippen LogP contribution in [0.1, 0.15) is 53.5 Å². The van der Waals surface area contributed by atoms with E-state index in [0.717, 1.165) is 31.7 Å². The number of alkyl halides is 3. The fourth-order valence-corrected chi connectivity index (χ4v) is 3.09. The second-order valence-electron chi connectivity index (χ2n) is 5.66. The lowest BCUT2D eigenvalue weighted by atomic mass is 10.1. The molecule has 1 heterocycles. The Bertz CT molecular complexity index is 731. The van der Waals surface area contributed by atoms with Gasteiger partial charge in [-0.3, -0.25) is 0 Å². The first kappa shape index (κ1) is 15.6. The number of aromatic carboxylic acids is 1. The topological polar surface area (TPSA) is 55.1 Å². The minimum absolute atomic E-state index is 0.00982. The lowest BCUT2D eigenvalue weighted by Gasteiger charge is -2.17. The van der Waals surface area contributed by atoms with E-state index in [9.17, 15) is 18.0 Å². The molecular weight excluding hydrogens is 309 g/mol. The molecule has 0 aliphatic heterocycles. The van der Waals surface area contributed by atoms with E-state index in [1.165, 1.54) is 29.0 Å². The van der Waals surface area contributed by atoms with Gasteiger partial charge in [-0.2, -0.15) is 13.2 Å². The highest BCUT2D eigenvalue weighted by Crippen LogP contribution is 2.38. The number of carbonyl (C=O) groups is 1. The maximum Gasteiger partial charge on any atom is 0.418 e. The van der Waals surface area contributed by atoms with Gasteiger partial charge in [-0.25, -0.2) is 9.78 Å². The molecule has 7 heteroatoms. The van der Waals surface area contributed by atoms with Crippen molar-refractivity contribution in [3.63, 3.8) is 0 Å². The Balaban J connectivity index is 2.18. The molecule has 1 aliphatic carbocycles. The third-order valence-electron chi connectivity index (χ3n) is 4.14. The van der Waals surface area contributed by atoms with Crippen LogP contribution >= 0.6 is 0 Å². The van der Waals surface area contributed by atoms with Crippen molar-refractivity contribution in [1.29, 1.82) is 0 Å². The first-order valence-corrected chi connectivity index (χ1v) is 7.37. The van der Waals surface area contributed by atoms with E-state index in [4.69, 9.17) is 5.11 Å². The summed E-state index contributed by atoms with van der Waals surface area (Å²) in [6, 6.07) is 5.16. The van der Waals surface area contributed by atoms with Crippen molar-refractivity contribution in [2.45, 2.75) is 37.8 Å². The summed E-state index contributed by atoms with van der Waals surface area (Å²) >= 11 is 0. The summed E-state index contributed by atoms with van der Waals surface area (Å²) in [6.45, 7) is 0. The van der Waals surface area contributed by atoms with Crippen molar-refractivity contribution in [2.75, 3.05) is 0 Å². The van der Waals surface area contributed by atoms with Gasteiger partial charge in [0.2, 0.25) is 0 Å². The van der Waals surface area contributed by atoms with Crippen molar-refractivity contribution in [3.8, 4) is 5.69 Å². The highest BCUT2D eigenvalue weighted by atomic mass is 19.4. The molecule has 1 aromatic carbocycles. The maximum atomic E-state index is 13.3. The van der Waals surface area contributed by atoms with Gasteiger partial charge in [0, 0.05) is 12.1 Å². The number of carboxylic acid groups (broad SMARTS) is 1. The summed E-state index contributed by atoms with van der Waals surface area (Å²) in [5.41, 5.74) is -1.11. The van der Waals surface area contributed by atoms with E-state index < -0.39 is 17.7 Å². The van der Waals surface area contributed by atoms with Crippen molar-refractivity contribution in [1.82, 2.24) is 9.55 Å². The zero-order valence-electron chi connectivity index (χ0n) is 12.2. The molecule has 1 aromatic heterocycles. The predicted molar refractivity (Wildman–Crippen MR) is 76.7 cm³/mol. The highest BCUT2D eigenvalue weighted by molar-refractivity contribution is 5.85. The number of imidazole rings is 1. The minimum Gasteiger partial charge on any atom is -0.476 e. The third kappa shape index (κ3) is 2.95. The Kier molecular flexibility index (Phi) is 3.87. The van der Waals surface area contributed by atoms with Crippen molar-refractivity contribution in [3.05, 3.63) is 47.5 Å². The number of hydrogen-bond donors (Lipinski definition) is 1. The molecule has 1 N–H and O–H groups in total. The Hall–Kier alpha value is -2.31. The molecule has 0 bridgehead atoms. The molecule has 3 rings (SSSR count). The quantitative estimate of drug-likeness (QED) is 0.918. The van der Waals surface area contributed by atoms with Crippen molar-refractivity contribution in [2.24, 2.45) is 0 Å². The summed E-state index contributed by atoms with van der Waals surface area (Å²) in [5.74, 6) is -0.853. The summed E-state index contributed by atoms with van der Waals surface area (Å²) in [4.78, 5) is 15.3. The van der Waals surface area contributed by atoms with Gasteiger partial charge in [-0.1, -0.05) is 25.0 Å². The molecule has 1 aliphatic rings. The minimum atomic E-state index is -4.52. The van der Waals surface area contributed by atoms with E-state index >= 15 is 0 Å². The van der Waals surface area contributed by atoms with Crippen molar-refractivity contribution >= 4 is 5.97 Å². The summed E-state index contributed by atoms with van der Waals surface area (Å²) in [7, 11) is 0. The lowest BCUT2D eigenvalue weighted by Crippen LogP contribution is -2.13. The molecule has 23 heavy (non-hydrogen) atoms. The average molecular weight is 324 g/mol. The molecule has 122 valence electrons. The van der Waals surface area contributed by atoms with Crippen LogP contribution < -0.4 is 0 Å². The Morgan fingerprint density at radius 1 is 1.22 bits per heavy atom. The number of rotatable bonds is 3. The van der Waals surface area contributed by atoms with Crippen LogP contribution in [0.5, 0.6) is 0 Å². The number of para-hydroxylation sites is 1. The molecule has 1 saturated carbocycles. The number of hydrogen-bond acceptors (Lipinski definition) is 2. The predicted octanol–water partition coefficient (Wildman–Crippen LogP) is 4.25. The molecule has 2 aromatic rings. The van der Waals surface area contributed by atoms with Gasteiger partial charge < -0.3 is 9.67 Å². The fourth-order valence-electron chi connectivity index (χ4n) is 3.09. The zero-order valence-corrected chi connectivity index (χ0v) is 12.2. The Morgan fingerprint density at radius 3 is 2.48 bits per heavy atom. The molecule has 4 nitrogen and oxygen atoms in total. The van der Waals surface area contributed by atoms with Gasteiger partial charge in [0.05, 0.1) is 11.3 Å². The zero-order chi connectivity index (χ0) is 16.6. The first-order chi connectivity index (χ1) is 10.9. The van der Waals surface area contributed by atoms with E-state index in [2.05, 4.69) is 4.98 Å². The van der Waals surface area contributed by atoms with Gasteiger partial charge in [-0.15, -0.1) is 0 Å². The summed E-state index contributed by atoms with van der Waals surface area (Å²) in [5, 5.41) is 9.14. The van der Waals surface area contributed by atoms with Crippen LogP contribution in [0.15, 0.2) is 30.5 Å². The van der Waals surface area contributed by atoms with E-state index in [-0.39, 0.29) is 17.3 Å². The van der Waals surface area contributed by atoms with Crippen molar-refractivity contribution < 1.29 is 23.1 Å². The summed E-state index contributed by atoms with van der Waals surface area (Å²) < 4.78 is 41.1. The van der Waals surface area contributed by atoms with Gasteiger partial charge in [0.1, 0.15) is 5.82 Å². The smallest absolute Gasteiger partial charge is 0.418 e. The molecule has 0 saturated heterocycles. The molecule has 0 unspecified atom stereocenters. The van der Waals surface area contributed by atoms with Crippen LogP contribution in [-0.2, 0) is 6.18 Å². The molecule has 0 atom stereocenters. The van der Waals surface area contributed by atoms with Crippen LogP contribution in [0.2, 0.25) is 0 Å². The van der Waals surface area contributed by atoms with Gasteiger partial charge >= 0.3 is 12.1 Å². The number of carboxylic acids is 1. The highest BCUT2D eigenvalue weighted by Gasteiger charge is 2.35. The monoisotopic (exact) mass is 324 g/mol. The molecule has 1 fully saturated rings.